The van der Waals surface area contributed by atoms with Crippen LogP contribution in [-0.2, 0) is 0 Å². The van der Waals surface area contributed by atoms with Gasteiger partial charge in [-0.15, -0.1) is 0 Å². The molecule has 4 heteroatoms. The van der Waals surface area contributed by atoms with E-state index < -0.39 is 11.8 Å². The molecule has 4 rings (SSSR count). The molecular weight excluding hydrogens is 413 g/mol. The molecule has 1 saturated carbocycles. The molecule has 0 bridgehead atoms. The highest BCUT2D eigenvalue weighted by Crippen LogP contribution is 2.39. The quantitative estimate of drug-likeness (QED) is 0.296. The Balaban J connectivity index is 1.30. The van der Waals surface area contributed by atoms with Crippen molar-refractivity contribution in [3.8, 4) is 11.8 Å². The van der Waals surface area contributed by atoms with Crippen LogP contribution in [0.25, 0.3) is 0 Å². The monoisotopic (exact) mass is 441 g/mol. The van der Waals surface area contributed by atoms with Crippen LogP contribution in [0.5, 0.6) is 5.75 Å². The van der Waals surface area contributed by atoms with Gasteiger partial charge in [-0.25, -0.2) is 9.18 Å². The molecular formula is C29H28FNO2. The minimum Gasteiger partial charge on any atom is -0.423 e. The molecule has 3 nitrogen and oxygen atoms in total. The number of nitrogens with zero attached hydrogens (tertiary/aromatic N) is 1. The fraction of sp³-hybridized carbons (Fsp3) is 0.310. The Labute approximate surface area is 194 Å². The lowest BCUT2D eigenvalue weighted by molar-refractivity contribution is 0.0734. The molecule has 0 heterocycles. The van der Waals surface area contributed by atoms with Gasteiger partial charge in [0.05, 0.1) is 11.1 Å². The molecule has 1 aliphatic carbocycles. The predicted molar refractivity (Wildman–Crippen MR) is 127 cm³/mol. The van der Waals surface area contributed by atoms with Crippen molar-refractivity contribution in [3.05, 3.63) is 101 Å². The predicted octanol–water partition coefficient (Wildman–Crippen LogP) is 7.38. The van der Waals surface area contributed by atoms with Crippen molar-refractivity contribution in [2.45, 2.75) is 50.9 Å². The topological polar surface area (TPSA) is 50.1 Å². The highest BCUT2D eigenvalue weighted by molar-refractivity contribution is 5.91. The van der Waals surface area contributed by atoms with Gasteiger partial charge in [-0.3, -0.25) is 0 Å². The lowest BCUT2D eigenvalue weighted by Crippen LogP contribution is -2.15. The van der Waals surface area contributed by atoms with Gasteiger partial charge < -0.3 is 4.74 Å². The summed E-state index contributed by atoms with van der Waals surface area (Å²) in [4.78, 5) is 12.4. The first kappa shape index (κ1) is 22.7. The lowest BCUT2D eigenvalue weighted by Gasteiger charge is -2.30. The smallest absolute Gasteiger partial charge is 0.343 e. The maximum Gasteiger partial charge on any atom is 0.343 e. The molecule has 1 fully saturated rings. The minimum atomic E-state index is -0.702. The number of esters is 1. The first-order valence-corrected chi connectivity index (χ1v) is 11.6. The largest absolute Gasteiger partial charge is 0.423 e. The average molecular weight is 442 g/mol. The first-order valence-electron chi connectivity index (χ1n) is 11.6. The molecule has 33 heavy (non-hydrogen) atoms. The van der Waals surface area contributed by atoms with Gasteiger partial charge in [0.1, 0.15) is 17.6 Å². The van der Waals surface area contributed by atoms with E-state index in [1.807, 2.05) is 12.1 Å². The maximum atomic E-state index is 13.7. The molecule has 3 aromatic carbocycles. The molecule has 0 saturated heterocycles. The van der Waals surface area contributed by atoms with Crippen molar-refractivity contribution in [1.82, 2.24) is 0 Å². The SMILES string of the molecule is CC(CC1CCC(c2ccc(C(=O)Oc3ccc(C#N)c(F)c3)cc2)CC1)c1ccccc1. The molecule has 0 radical (unpaired) electrons. The van der Waals surface area contributed by atoms with Gasteiger partial charge in [-0.05, 0) is 85.3 Å². The van der Waals surface area contributed by atoms with E-state index in [2.05, 4.69) is 37.3 Å². The van der Waals surface area contributed by atoms with Crippen LogP contribution in [0.1, 0.15) is 77.9 Å². The van der Waals surface area contributed by atoms with E-state index >= 15 is 0 Å². The molecule has 1 unspecified atom stereocenters. The molecule has 0 N–H and O–H groups in total. The molecule has 1 atom stereocenters. The summed E-state index contributed by atoms with van der Waals surface area (Å²) in [5, 5.41) is 8.80. The van der Waals surface area contributed by atoms with Gasteiger partial charge in [0, 0.05) is 6.07 Å². The van der Waals surface area contributed by atoms with Crippen molar-refractivity contribution in [2.75, 3.05) is 0 Å². The second-order valence-electron chi connectivity index (χ2n) is 9.03. The normalized spacial score (nSPS) is 18.8. The summed E-state index contributed by atoms with van der Waals surface area (Å²) in [5.74, 6) is 0.715. The van der Waals surface area contributed by atoms with E-state index in [0.29, 0.717) is 17.4 Å². The number of carbonyl (C=O) groups excluding carboxylic acids is 1. The highest BCUT2D eigenvalue weighted by Gasteiger charge is 2.24. The van der Waals surface area contributed by atoms with Crippen molar-refractivity contribution in [1.29, 1.82) is 5.26 Å². The summed E-state index contributed by atoms with van der Waals surface area (Å²) in [5.41, 5.74) is 3.02. The number of halogens is 1. The zero-order valence-corrected chi connectivity index (χ0v) is 18.8. The third-order valence-corrected chi connectivity index (χ3v) is 6.79. The van der Waals surface area contributed by atoms with Crippen molar-refractivity contribution < 1.29 is 13.9 Å². The number of ether oxygens (including phenoxy) is 1. The van der Waals surface area contributed by atoms with Crippen LogP contribution in [0.15, 0.2) is 72.8 Å². The number of hydrogen-bond acceptors (Lipinski definition) is 3. The van der Waals surface area contributed by atoms with Crippen LogP contribution in [0.4, 0.5) is 4.39 Å². The summed E-state index contributed by atoms with van der Waals surface area (Å²) in [6, 6.07) is 23.9. The summed E-state index contributed by atoms with van der Waals surface area (Å²) in [6.07, 6.45) is 6.03. The van der Waals surface area contributed by atoms with Gasteiger partial charge in [-0.1, -0.05) is 49.4 Å². The fourth-order valence-electron chi connectivity index (χ4n) is 4.86. The summed E-state index contributed by atoms with van der Waals surface area (Å²) < 4.78 is 19.0. The van der Waals surface area contributed by atoms with E-state index in [0.717, 1.165) is 12.0 Å². The van der Waals surface area contributed by atoms with Gasteiger partial charge >= 0.3 is 5.97 Å². The summed E-state index contributed by atoms with van der Waals surface area (Å²) >= 11 is 0. The summed E-state index contributed by atoms with van der Waals surface area (Å²) in [7, 11) is 0. The second kappa shape index (κ2) is 10.4. The zero-order chi connectivity index (χ0) is 23.2. The molecule has 168 valence electrons. The number of rotatable bonds is 6. The molecule has 1 aliphatic rings. The third kappa shape index (κ3) is 5.68. The third-order valence-electron chi connectivity index (χ3n) is 6.79. The van der Waals surface area contributed by atoms with Crippen molar-refractivity contribution in [2.24, 2.45) is 5.92 Å². The Morgan fingerprint density at radius 1 is 1.03 bits per heavy atom. The van der Waals surface area contributed by atoms with Crippen LogP contribution in [0.2, 0.25) is 0 Å². The van der Waals surface area contributed by atoms with Gasteiger partial charge in [-0.2, -0.15) is 5.26 Å². The Morgan fingerprint density at radius 2 is 1.73 bits per heavy atom. The van der Waals surface area contributed by atoms with E-state index in [4.69, 9.17) is 10.00 Å². The average Bonchev–Trinajstić information content (AvgIpc) is 2.85. The van der Waals surface area contributed by atoms with Crippen LogP contribution < -0.4 is 4.74 Å². The molecule has 0 spiro atoms. The first-order chi connectivity index (χ1) is 16.0. The number of hydrogen-bond donors (Lipinski definition) is 0. The van der Waals surface area contributed by atoms with Crippen LogP contribution in [-0.4, -0.2) is 5.97 Å². The number of carbonyl (C=O) groups is 1. The standard InChI is InChI=1S/C29H28FNO2/c1-20(22-5-3-2-4-6-22)17-21-7-9-23(10-8-21)24-11-13-25(14-12-24)29(32)33-27-16-15-26(19-31)28(30)18-27/h2-6,11-16,18,20-21,23H,7-10,17H2,1H3. The van der Waals surface area contributed by atoms with Crippen LogP contribution in [0, 0.1) is 23.1 Å². The highest BCUT2D eigenvalue weighted by atomic mass is 19.1. The molecule has 0 amide bonds. The Hall–Kier alpha value is -3.45. The van der Waals surface area contributed by atoms with Crippen molar-refractivity contribution >= 4 is 5.97 Å². The molecule has 0 aromatic heterocycles. The maximum absolute atomic E-state index is 13.7. The second-order valence-corrected chi connectivity index (χ2v) is 9.03. The van der Waals surface area contributed by atoms with Gasteiger partial charge in [0.2, 0.25) is 0 Å². The fourth-order valence-corrected chi connectivity index (χ4v) is 4.86. The van der Waals surface area contributed by atoms with Crippen LogP contribution >= 0.6 is 0 Å². The minimum absolute atomic E-state index is 0.0802. The molecule has 3 aromatic rings. The van der Waals surface area contributed by atoms with Gasteiger partial charge in [0.15, 0.2) is 0 Å². The summed E-state index contributed by atoms with van der Waals surface area (Å²) in [6.45, 7) is 2.32. The van der Waals surface area contributed by atoms with E-state index in [1.54, 1.807) is 18.2 Å². The Kier molecular flexibility index (Phi) is 7.19. The van der Waals surface area contributed by atoms with E-state index in [-0.39, 0.29) is 11.3 Å². The Bertz CT molecular complexity index is 1130. The number of nitriles is 1. The lowest BCUT2D eigenvalue weighted by atomic mass is 9.75. The molecule has 0 aliphatic heterocycles. The Morgan fingerprint density at radius 3 is 2.36 bits per heavy atom. The van der Waals surface area contributed by atoms with E-state index in [1.165, 1.54) is 55.4 Å². The van der Waals surface area contributed by atoms with Gasteiger partial charge in [0.25, 0.3) is 0 Å². The zero-order valence-electron chi connectivity index (χ0n) is 18.8. The van der Waals surface area contributed by atoms with E-state index in [9.17, 15) is 9.18 Å². The number of benzene rings is 3. The van der Waals surface area contributed by atoms with Crippen LogP contribution in [0.3, 0.4) is 0 Å². The van der Waals surface area contributed by atoms with Crippen molar-refractivity contribution in [3.63, 3.8) is 0 Å².